The summed E-state index contributed by atoms with van der Waals surface area (Å²) in [5.74, 6) is -0.345. The SMILES string of the molecule is CC(C)CC1CCc2nc(C(C)C)c(C(F)c3ccc(C(F)(F)F)cc3)c(-c3ccc(F)cc3)c2C1O. The van der Waals surface area contributed by atoms with E-state index in [0.717, 1.165) is 37.1 Å². The van der Waals surface area contributed by atoms with E-state index in [4.69, 9.17) is 4.98 Å². The first kappa shape index (κ1) is 27.2. The lowest BCUT2D eigenvalue weighted by Crippen LogP contribution is -2.26. The lowest BCUT2D eigenvalue weighted by molar-refractivity contribution is -0.137. The summed E-state index contributed by atoms with van der Waals surface area (Å²) < 4.78 is 69.7. The van der Waals surface area contributed by atoms with Crippen LogP contribution in [0.25, 0.3) is 11.1 Å². The number of rotatable bonds is 6. The van der Waals surface area contributed by atoms with Gasteiger partial charge in [-0.3, -0.25) is 4.98 Å². The van der Waals surface area contributed by atoms with Crippen molar-refractivity contribution in [1.82, 2.24) is 4.98 Å². The molecule has 1 N–H and O–H groups in total. The zero-order valence-corrected chi connectivity index (χ0v) is 21.4. The normalized spacial score (nSPS) is 18.8. The molecule has 1 aliphatic carbocycles. The largest absolute Gasteiger partial charge is 0.416 e. The van der Waals surface area contributed by atoms with Crippen LogP contribution in [0.4, 0.5) is 22.0 Å². The Bertz CT molecular complexity index is 1230. The number of aryl methyl sites for hydroxylation is 1. The topological polar surface area (TPSA) is 33.1 Å². The fourth-order valence-electron chi connectivity index (χ4n) is 5.39. The molecule has 0 saturated heterocycles. The quantitative estimate of drug-likeness (QED) is 0.332. The van der Waals surface area contributed by atoms with E-state index in [1.165, 1.54) is 12.1 Å². The highest BCUT2D eigenvalue weighted by Crippen LogP contribution is 2.48. The summed E-state index contributed by atoms with van der Waals surface area (Å²) >= 11 is 0. The molecule has 2 aromatic carbocycles. The van der Waals surface area contributed by atoms with Crippen molar-refractivity contribution >= 4 is 0 Å². The van der Waals surface area contributed by atoms with Gasteiger partial charge >= 0.3 is 6.18 Å². The van der Waals surface area contributed by atoms with Crippen LogP contribution in [-0.2, 0) is 12.6 Å². The predicted octanol–water partition coefficient (Wildman–Crippen LogP) is 8.73. The number of halogens is 5. The van der Waals surface area contributed by atoms with Crippen LogP contribution >= 0.6 is 0 Å². The van der Waals surface area contributed by atoms with E-state index >= 15 is 4.39 Å². The Hall–Kier alpha value is -2.80. The van der Waals surface area contributed by atoms with Gasteiger partial charge in [-0.1, -0.05) is 52.0 Å². The highest BCUT2D eigenvalue weighted by Gasteiger charge is 2.37. The third-order valence-corrected chi connectivity index (χ3v) is 7.11. The number of hydrogen-bond acceptors (Lipinski definition) is 2. The first-order chi connectivity index (χ1) is 17.4. The maximum absolute atomic E-state index is 16.5. The molecule has 1 heterocycles. The van der Waals surface area contributed by atoms with Gasteiger partial charge in [0.1, 0.15) is 5.82 Å². The van der Waals surface area contributed by atoms with Crippen molar-refractivity contribution in [2.75, 3.05) is 0 Å². The van der Waals surface area contributed by atoms with Crippen molar-refractivity contribution in [1.29, 1.82) is 0 Å². The zero-order chi connectivity index (χ0) is 27.1. The Balaban J connectivity index is 1.97. The monoisotopic (exact) mass is 517 g/mol. The molecule has 1 aromatic heterocycles. The van der Waals surface area contributed by atoms with Gasteiger partial charge in [-0.25, -0.2) is 8.78 Å². The number of aliphatic hydroxyl groups is 1. The second kappa shape index (κ2) is 10.5. The molecule has 37 heavy (non-hydrogen) atoms. The van der Waals surface area contributed by atoms with E-state index < -0.39 is 29.8 Å². The van der Waals surface area contributed by atoms with Gasteiger partial charge in [0.2, 0.25) is 0 Å². The van der Waals surface area contributed by atoms with Gasteiger partial charge < -0.3 is 5.11 Å². The molecule has 0 radical (unpaired) electrons. The summed E-state index contributed by atoms with van der Waals surface area (Å²) in [5, 5.41) is 11.5. The van der Waals surface area contributed by atoms with E-state index in [1.54, 1.807) is 12.1 Å². The zero-order valence-electron chi connectivity index (χ0n) is 21.4. The number of hydrogen-bond donors (Lipinski definition) is 1. The molecule has 3 unspecified atom stereocenters. The molecule has 2 nitrogen and oxygen atoms in total. The Morgan fingerprint density at radius 1 is 0.973 bits per heavy atom. The first-order valence-corrected chi connectivity index (χ1v) is 12.7. The maximum atomic E-state index is 16.5. The molecule has 7 heteroatoms. The van der Waals surface area contributed by atoms with Gasteiger partial charge in [-0.15, -0.1) is 0 Å². The molecule has 3 aromatic rings. The molecule has 3 atom stereocenters. The minimum Gasteiger partial charge on any atom is -0.388 e. The second-order valence-corrected chi connectivity index (χ2v) is 10.7. The number of fused-ring (bicyclic) bond motifs is 1. The van der Waals surface area contributed by atoms with Gasteiger partial charge in [0.25, 0.3) is 0 Å². The average Bonchev–Trinajstić information content (AvgIpc) is 2.84. The minimum atomic E-state index is -4.53. The van der Waals surface area contributed by atoms with Crippen molar-refractivity contribution in [3.63, 3.8) is 0 Å². The summed E-state index contributed by atoms with van der Waals surface area (Å²) in [6, 6.07) is 9.70. The van der Waals surface area contributed by atoms with Crippen LogP contribution in [0, 0.1) is 17.7 Å². The van der Waals surface area contributed by atoms with Gasteiger partial charge in [-0.2, -0.15) is 13.2 Å². The summed E-state index contributed by atoms with van der Waals surface area (Å²) in [6.07, 6.45) is -5.07. The van der Waals surface area contributed by atoms with Gasteiger partial charge in [0.15, 0.2) is 6.17 Å². The molecule has 0 spiro atoms. The summed E-state index contributed by atoms with van der Waals surface area (Å²) in [6.45, 7) is 7.92. The number of benzene rings is 2. The van der Waals surface area contributed by atoms with Gasteiger partial charge in [-0.05, 0) is 78.0 Å². The van der Waals surface area contributed by atoms with Crippen molar-refractivity contribution in [2.24, 2.45) is 11.8 Å². The Labute approximate surface area is 214 Å². The number of alkyl halides is 4. The van der Waals surface area contributed by atoms with E-state index in [1.807, 2.05) is 13.8 Å². The van der Waals surface area contributed by atoms with Crippen LogP contribution in [0.5, 0.6) is 0 Å². The van der Waals surface area contributed by atoms with Crippen molar-refractivity contribution in [3.8, 4) is 11.1 Å². The van der Waals surface area contributed by atoms with Crippen molar-refractivity contribution in [2.45, 2.75) is 71.3 Å². The molecule has 0 bridgehead atoms. The number of aliphatic hydroxyl groups excluding tert-OH is 1. The van der Waals surface area contributed by atoms with E-state index in [2.05, 4.69) is 13.8 Å². The Morgan fingerprint density at radius 2 is 1.59 bits per heavy atom. The van der Waals surface area contributed by atoms with Crippen molar-refractivity contribution in [3.05, 3.63) is 88.0 Å². The van der Waals surface area contributed by atoms with Crippen LogP contribution in [0.15, 0.2) is 48.5 Å². The average molecular weight is 518 g/mol. The molecule has 198 valence electrons. The number of aromatic nitrogens is 1. The minimum absolute atomic E-state index is 0.0459. The molecule has 0 saturated carbocycles. The third kappa shape index (κ3) is 5.57. The molecule has 1 aliphatic rings. The lowest BCUT2D eigenvalue weighted by atomic mass is 9.74. The predicted molar refractivity (Wildman–Crippen MR) is 134 cm³/mol. The number of nitrogens with zero attached hydrogens (tertiary/aromatic N) is 1. The Kier molecular flexibility index (Phi) is 7.75. The highest BCUT2D eigenvalue weighted by atomic mass is 19.4. The molecule has 4 rings (SSSR count). The van der Waals surface area contributed by atoms with E-state index in [9.17, 15) is 22.7 Å². The van der Waals surface area contributed by atoms with Crippen LogP contribution in [0.2, 0.25) is 0 Å². The van der Waals surface area contributed by atoms with E-state index in [-0.39, 0.29) is 23.0 Å². The summed E-state index contributed by atoms with van der Waals surface area (Å²) in [4.78, 5) is 4.83. The molecule has 0 aliphatic heterocycles. The molecular weight excluding hydrogens is 485 g/mol. The summed E-state index contributed by atoms with van der Waals surface area (Å²) in [5.41, 5.74) is 2.13. The third-order valence-electron chi connectivity index (χ3n) is 7.11. The molecular formula is C30H32F5NO. The van der Waals surface area contributed by atoms with Crippen LogP contribution in [0.3, 0.4) is 0 Å². The van der Waals surface area contributed by atoms with E-state index in [0.29, 0.717) is 40.4 Å². The standard InChI is InChI=1S/C30H32F5NO/c1-16(2)15-20-9-14-23-25(29(20)37)24(18-7-12-22(31)13-8-18)26(28(36-23)17(3)4)27(32)19-5-10-21(11-6-19)30(33,34)35/h5-8,10-13,16-17,20,27,29,37H,9,14-15H2,1-4H3. The summed E-state index contributed by atoms with van der Waals surface area (Å²) in [7, 11) is 0. The molecule has 0 amide bonds. The Morgan fingerprint density at radius 3 is 2.14 bits per heavy atom. The molecule has 0 fully saturated rings. The second-order valence-electron chi connectivity index (χ2n) is 10.7. The van der Waals surface area contributed by atoms with Crippen LogP contribution < -0.4 is 0 Å². The van der Waals surface area contributed by atoms with Crippen LogP contribution in [0.1, 0.15) is 92.4 Å². The highest BCUT2D eigenvalue weighted by molar-refractivity contribution is 5.75. The smallest absolute Gasteiger partial charge is 0.388 e. The van der Waals surface area contributed by atoms with Crippen LogP contribution in [-0.4, -0.2) is 10.1 Å². The van der Waals surface area contributed by atoms with Gasteiger partial charge in [0, 0.05) is 16.8 Å². The number of pyridine rings is 1. The fraction of sp³-hybridized carbons (Fsp3) is 0.433. The van der Waals surface area contributed by atoms with Crippen molar-refractivity contribution < 1.29 is 27.1 Å². The van der Waals surface area contributed by atoms with Gasteiger partial charge in [0.05, 0.1) is 17.4 Å². The fourth-order valence-corrected chi connectivity index (χ4v) is 5.39. The maximum Gasteiger partial charge on any atom is 0.416 e. The first-order valence-electron chi connectivity index (χ1n) is 12.7. The lowest BCUT2D eigenvalue weighted by Gasteiger charge is -2.35.